The molecule has 0 heterocycles. The molecule has 29 heavy (non-hydrogen) atoms. The van der Waals surface area contributed by atoms with Gasteiger partial charge in [-0.2, -0.15) is 18.4 Å². The van der Waals surface area contributed by atoms with Crippen molar-refractivity contribution in [3.05, 3.63) is 80.8 Å². The van der Waals surface area contributed by atoms with Gasteiger partial charge in [0.1, 0.15) is 0 Å². The molecule has 0 N–H and O–H groups in total. The summed E-state index contributed by atoms with van der Waals surface area (Å²) in [6.07, 6.45) is 0.113. The van der Waals surface area contributed by atoms with Crippen molar-refractivity contribution in [2.45, 2.75) is 18.3 Å². The summed E-state index contributed by atoms with van der Waals surface area (Å²) in [6, 6.07) is 13.2. The maximum Gasteiger partial charge on any atom is 0.501 e. The number of benzene rings is 2. The van der Waals surface area contributed by atoms with E-state index >= 15 is 0 Å². The molecule has 0 fully saturated rings. The predicted octanol–water partition coefficient (Wildman–Crippen LogP) is 6.41. The van der Waals surface area contributed by atoms with Crippen LogP contribution in [0.4, 0.5) is 13.2 Å². The smallest absolute Gasteiger partial charge is 0.214 e. The Balaban J connectivity index is 2.38. The Labute approximate surface area is 175 Å². The second-order valence-electron chi connectivity index (χ2n) is 6.24. The monoisotopic (exact) mass is 457 g/mol. The van der Waals surface area contributed by atoms with E-state index in [4.69, 9.17) is 23.2 Å². The number of rotatable bonds is 3. The van der Waals surface area contributed by atoms with Gasteiger partial charge >= 0.3 is 5.51 Å². The molecule has 0 amide bonds. The number of halogens is 5. The van der Waals surface area contributed by atoms with E-state index in [0.29, 0.717) is 10.6 Å². The molecule has 0 bridgehead atoms. The quantitative estimate of drug-likeness (QED) is 0.534. The average molecular weight is 458 g/mol. The minimum Gasteiger partial charge on any atom is -0.214 e. The SMILES string of the molecule is N#CC1=C(c2ccc(Cl)cc2)/C(=C(\c2ccc(Cl)cc2)S(=O)(=O)C(F)(F)F)CC1. The summed E-state index contributed by atoms with van der Waals surface area (Å²) in [4.78, 5) is -0.864. The van der Waals surface area contributed by atoms with E-state index in [-0.39, 0.29) is 40.1 Å². The number of nitriles is 1. The zero-order chi connectivity index (χ0) is 21.4. The molecular weight excluding hydrogens is 446 g/mol. The lowest BCUT2D eigenvalue weighted by Gasteiger charge is -2.17. The van der Waals surface area contributed by atoms with Crippen LogP contribution in [0.1, 0.15) is 24.0 Å². The summed E-state index contributed by atoms with van der Waals surface area (Å²) in [6.45, 7) is 0. The van der Waals surface area contributed by atoms with Crippen LogP contribution in [0.2, 0.25) is 10.0 Å². The molecule has 2 aromatic rings. The highest BCUT2D eigenvalue weighted by atomic mass is 35.5. The minimum absolute atomic E-state index is 0.0197. The van der Waals surface area contributed by atoms with Gasteiger partial charge in [0.2, 0.25) is 0 Å². The first-order valence-corrected chi connectivity index (χ1v) is 10.5. The van der Waals surface area contributed by atoms with Gasteiger partial charge in [0.05, 0.1) is 11.0 Å². The van der Waals surface area contributed by atoms with E-state index < -0.39 is 20.3 Å². The molecule has 1 aliphatic carbocycles. The van der Waals surface area contributed by atoms with Crippen molar-refractivity contribution in [3.63, 3.8) is 0 Å². The van der Waals surface area contributed by atoms with Gasteiger partial charge in [-0.3, -0.25) is 0 Å². The maximum atomic E-state index is 13.5. The molecule has 0 radical (unpaired) electrons. The van der Waals surface area contributed by atoms with Gasteiger partial charge in [-0.05, 0) is 59.4 Å². The Morgan fingerprint density at radius 1 is 0.931 bits per heavy atom. The Bertz CT molecular complexity index is 1160. The lowest BCUT2D eigenvalue weighted by molar-refractivity contribution is -0.0420. The molecule has 3 nitrogen and oxygen atoms in total. The lowest BCUT2D eigenvalue weighted by atomic mass is 9.96. The van der Waals surface area contributed by atoms with Gasteiger partial charge < -0.3 is 0 Å². The van der Waals surface area contributed by atoms with Crippen molar-refractivity contribution in [2.24, 2.45) is 0 Å². The highest BCUT2D eigenvalue weighted by Gasteiger charge is 2.50. The molecule has 1 aliphatic rings. The second kappa shape index (κ2) is 7.86. The fourth-order valence-electron chi connectivity index (χ4n) is 3.19. The maximum absolute atomic E-state index is 13.5. The van der Waals surface area contributed by atoms with Gasteiger partial charge in [-0.25, -0.2) is 8.42 Å². The first-order chi connectivity index (χ1) is 13.6. The number of hydrogen-bond acceptors (Lipinski definition) is 3. The van der Waals surface area contributed by atoms with Crippen LogP contribution in [0.15, 0.2) is 59.7 Å². The van der Waals surface area contributed by atoms with Crippen LogP contribution in [0.3, 0.4) is 0 Å². The number of hydrogen-bond donors (Lipinski definition) is 0. The average Bonchev–Trinajstić information content (AvgIpc) is 3.06. The molecule has 9 heteroatoms. The van der Waals surface area contributed by atoms with Gasteiger partial charge in [0, 0.05) is 15.6 Å². The summed E-state index contributed by atoms with van der Waals surface area (Å²) in [5.74, 6) is 0. The van der Waals surface area contributed by atoms with E-state index in [1.54, 1.807) is 12.1 Å². The van der Waals surface area contributed by atoms with E-state index in [1.165, 1.54) is 36.4 Å². The zero-order valence-electron chi connectivity index (χ0n) is 14.6. The highest BCUT2D eigenvalue weighted by molar-refractivity contribution is 8.01. The fraction of sp³-hybridized carbons (Fsp3) is 0.150. The van der Waals surface area contributed by atoms with Crippen LogP contribution in [0.5, 0.6) is 0 Å². The van der Waals surface area contributed by atoms with E-state index in [1.807, 2.05) is 6.07 Å². The summed E-state index contributed by atoms with van der Waals surface area (Å²) in [5, 5.41) is 10.1. The molecule has 0 unspecified atom stereocenters. The zero-order valence-corrected chi connectivity index (χ0v) is 16.9. The van der Waals surface area contributed by atoms with Gasteiger partial charge in [0.25, 0.3) is 9.84 Å². The summed E-state index contributed by atoms with van der Waals surface area (Å²) >= 11 is 11.7. The van der Waals surface area contributed by atoms with Crippen LogP contribution in [0.25, 0.3) is 10.5 Å². The highest BCUT2D eigenvalue weighted by Crippen LogP contribution is 2.47. The molecule has 0 spiro atoms. The van der Waals surface area contributed by atoms with E-state index in [2.05, 4.69) is 0 Å². The van der Waals surface area contributed by atoms with E-state index in [0.717, 1.165) is 0 Å². The number of nitrogens with zero attached hydrogens (tertiary/aromatic N) is 1. The minimum atomic E-state index is -5.70. The first kappa shape index (κ1) is 21.4. The van der Waals surface area contributed by atoms with Crippen LogP contribution in [-0.4, -0.2) is 13.9 Å². The topological polar surface area (TPSA) is 57.9 Å². The molecule has 150 valence electrons. The van der Waals surface area contributed by atoms with Crippen LogP contribution >= 0.6 is 23.2 Å². The molecule has 0 aromatic heterocycles. The lowest BCUT2D eigenvalue weighted by Crippen LogP contribution is -2.25. The fourth-order valence-corrected chi connectivity index (χ4v) is 4.65. The van der Waals surface area contributed by atoms with Gasteiger partial charge in [-0.1, -0.05) is 47.5 Å². The van der Waals surface area contributed by atoms with Crippen molar-refractivity contribution in [2.75, 3.05) is 0 Å². The third-order valence-corrected chi connectivity index (χ3v) is 6.58. The summed E-state index contributed by atoms with van der Waals surface area (Å²) in [5.41, 5.74) is -4.89. The van der Waals surface area contributed by atoms with Gasteiger partial charge in [-0.15, -0.1) is 0 Å². The molecule has 2 aromatic carbocycles. The van der Waals surface area contributed by atoms with Crippen molar-refractivity contribution >= 4 is 43.5 Å². The van der Waals surface area contributed by atoms with Crippen LogP contribution in [0, 0.1) is 11.3 Å². The van der Waals surface area contributed by atoms with Crippen LogP contribution in [-0.2, 0) is 9.84 Å². The summed E-state index contributed by atoms with van der Waals surface area (Å²) < 4.78 is 65.6. The third kappa shape index (κ3) is 4.06. The number of sulfone groups is 1. The molecule has 3 rings (SSSR count). The predicted molar refractivity (Wildman–Crippen MR) is 107 cm³/mol. The molecule has 0 saturated heterocycles. The Kier molecular flexibility index (Phi) is 5.81. The largest absolute Gasteiger partial charge is 0.501 e. The molecule has 0 aliphatic heterocycles. The summed E-state index contributed by atoms with van der Waals surface area (Å²) in [7, 11) is -5.70. The number of allylic oxidation sites excluding steroid dienone is 3. The van der Waals surface area contributed by atoms with E-state index in [9.17, 15) is 26.9 Å². The first-order valence-electron chi connectivity index (χ1n) is 8.26. The van der Waals surface area contributed by atoms with Crippen molar-refractivity contribution in [1.29, 1.82) is 5.26 Å². The molecule has 0 atom stereocenters. The standard InChI is InChI=1S/C20H12Cl2F3NO2S/c21-15-6-1-12(2-7-15)18-14(11-26)5-10-17(18)19(29(27,28)20(23,24)25)13-3-8-16(22)9-4-13/h1-4,6-9H,5,10H2/b19-17+. The molecular formula is C20H12Cl2F3NO2S. The molecule has 0 saturated carbocycles. The van der Waals surface area contributed by atoms with Crippen molar-refractivity contribution in [1.82, 2.24) is 0 Å². The normalized spacial score (nSPS) is 16.7. The van der Waals surface area contributed by atoms with Gasteiger partial charge in [0.15, 0.2) is 0 Å². The second-order valence-corrected chi connectivity index (χ2v) is 8.99. The van der Waals surface area contributed by atoms with Crippen molar-refractivity contribution < 1.29 is 21.6 Å². The Hall–Kier alpha value is -2.27. The van der Waals surface area contributed by atoms with Crippen molar-refractivity contribution in [3.8, 4) is 6.07 Å². The Morgan fingerprint density at radius 3 is 1.93 bits per heavy atom. The number of alkyl halides is 3. The van der Waals surface area contributed by atoms with Crippen LogP contribution < -0.4 is 0 Å². The Morgan fingerprint density at radius 2 is 1.45 bits per heavy atom. The third-order valence-electron chi connectivity index (χ3n) is 4.45.